The van der Waals surface area contributed by atoms with Gasteiger partial charge in [-0.1, -0.05) is 74.6 Å². The Morgan fingerprint density at radius 2 is 0.691 bits per heavy atom. The first-order valence-corrected chi connectivity index (χ1v) is 44.8. The summed E-state index contributed by atoms with van der Waals surface area (Å²) in [7, 11) is -0.372. The minimum absolute atomic E-state index is 0.000818. The van der Waals surface area contributed by atoms with Gasteiger partial charge in [0.05, 0.1) is 73.1 Å². The Balaban J connectivity index is 0.000000409. The average Bonchev–Trinajstić information content (AvgIpc) is 1.62. The number of oxime groups is 1. The molecule has 0 amide bonds. The average molecular weight is 2010 g/mol. The molecule has 0 radical (unpaired) electrons. The predicted octanol–water partition coefficient (Wildman–Crippen LogP) is 20.3. The Bertz CT molecular complexity index is 5600. The number of Topliss-reactive ketones (excluding diaryl/α,β-unsaturated/α-hetero) is 6. The summed E-state index contributed by atoms with van der Waals surface area (Å²) in [6, 6.07) is 62.4. The van der Waals surface area contributed by atoms with E-state index in [1.165, 1.54) is 13.1 Å². The van der Waals surface area contributed by atoms with Gasteiger partial charge in [-0.15, -0.1) is 0 Å². The topological polar surface area (TPSA) is 452 Å². The number of halogens is 3. The lowest BCUT2D eigenvalue weighted by Crippen LogP contribution is -2.41. The highest BCUT2D eigenvalue weighted by atomic mass is 79.9. The summed E-state index contributed by atoms with van der Waals surface area (Å²) in [5.41, 5.74) is 15.6. The molecule has 1 aliphatic heterocycles. The maximum Gasteiger partial charge on any atom is 0.494 e. The van der Waals surface area contributed by atoms with Crippen molar-refractivity contribution in [3.63, 3.8) is 0 Å². The molecule has 11 rings (SSSR count). The zero-order chi connectivity index (χ0) is 103. The van der Waals surface area contributed by atoms with Crippen LogP contribution >= 0.6 is 43.5 Å². The van der Waals surface area contributed by atoms with Gasteiger partial charge in [0.15, 0.2) is 5.84 Å². The van der Waals surface area contributed by atoms with Crippen molar-refractivity contribution in [2.45, 2.75) is 170 Å². The summed E-state index contributed by atoms with van der Waals surface area (Å²) >= 11 is 12.0. The lowest BCUT2D eigenvalue weighted by molar-refractivity contribution is -0.134. The first-order valence-electron chi connectivity index (χ1n) is 42.9. The summed E-state index contributed by atoms with van der Waals surface area (Å²) in [5, 5.41) is 61.1. The van der Waals surface area contributed by atoms with E-state index in [1.54, 1.807) is 128 Å². The number of ketones is 6. The monoisotopic (exact) mass is 2010 g/mol. The molecule has 4 aromatic heterocycles. The number of hydrogen-bond donors (Lipinski definition) is 7. The number of benzene rings is 6. The smallest absolute Gasteiger partial charge is 0.494 e. The van der Waals surface area contributed by atoms with Crippen LogP contribution < -0.4 is 40.6 Å². The van der Waals surface area contributed by atoms with Gasteiger partial charge in [0.25, 0.3) is 5.97 Å². The number of aromatic hydroxyl groups is 1. The number of ether oxygens (including phenoxy) is 5. The number of nitrogen functional groups attached to an aromatic ring is 1. The van der Waals surface area contributed by atoms with Gasteiger partial charge in [-0.25, -0.2) is 4.98 Å². The summed E-state index contributed by atoms with van der Waals surface area (Å²) in [6.45, 7) is 42.5. The second kappa shape index (κ2) is 54.6. The van der Waals surface area contributed by atoms with Crippen molar-refractivity contribution in [2.24, 2.45) is 49.1 Å². The molecule has 6 aromatic carbocycles. The Morgan fingerprint density at radius 3 is 0.919 bits per heavy atom. The van der Waals surface area contributed by atoms with Gasteiger partial charge in [-0.2, -0.15) is 10.5 Å². The van der Waals surface area contributed by atoms with E-state index in [0.717, 1.165) is 66.6 Å². The van der Waals surface area contributed by atoms with E-state index >= 15 is 0 Å². The van der Waals surface area contributed by atoms with E-state index in [2.05, 4.69) is 57.0 Å². The molecular weight excluding hydrogens is 1880 g/mol. The van der Waals surface area contributed by atoms with E-state index in [9.17, 15) is 28.8 Å². The van der Waals surface area contributed by atoms with Crippen molar-refractivity contribution in [3.8, 4) is 80.4 Å². The normalized spacial score (nSPS) is 12.3. The number of nitriles is 2. The lowest BCUT2D eigenvalue weighted by Gasteiger charge is -2.32. The van der Waals surface area contributed by atoms with Crippen LogP contribution in [-0.2, 0) is 42.9 Å². The second-order valence-electron chi connectivity index (χ2n) is 36.2. The Morgan fingerprint density at radius 1 is 0.426 bits per heavy atom. The van der Waals surface area contributed by atoms with Gasteiger partial charge in [0.1, 0.15) is 125 Å². The summed E-state index contributed by atoms with van der Waals surface area (Å²) in [6.07, 6.45) is 6.11. The fraction of sp³-hybridized carbons (Fsp3) is 0.356. The number of aliphatic hydroxyl groups excluding tert-OH is 1. The minimum Gasteiger partial charge on any atom is -0.508 e. The number of amidine groups is 2. The third-order valence-electron chi connectivity index (χ3n) is 21.6. The van der Waals surface area contributed by atoms with E-state index in [0.29, 0.717) is 83.4 Å². The number of carbonyl (C=O) groups is 7. The van der Waals surface area contributed by atoms with Gasteiger partial charge in [0.2, 0.25) is 0 Å². The number of aliphatic carboxylic acids is 1. The zero-order valence-electron chi connectivity index (χ0n) is 81.5. The quantitative estimate of drug-likeness (QED) is 0.00598. The highest BCUT2D eigenvalue weighted by molar-refractivity contribution is 9.10. The van der Waals surface area contributed by atoms with Crippen LogP contribution in [0.2, 0.25) is 5.15 Å². The van der Waals surface area contributed by atoms with Crippen LogP contribution in [0, 0.1) is 60.6 Å². The Hall–Kier alpha value is -12.9. The van der Waals surface area contributed by atoms with Gasteiger partial charge < -0.3 is 65.0 Å². The molecule has 1 aliphatic rings. The zero-order valence-corrected chi connectivity index (χ0v) is 85.5. The molecule has 10 aromatic rings. The number of aliphatic hydroxyl groups is 1. The number of rotatable bonds is 28. The number of nitrogens with two attached hydrogens (primary N) is 2. The van der Waals surface area contributed by atoms with Crippen LogP contribution in [-0.4, -0.2) is 151 Å². The molecule has 1 fully saturated rings. The molecule has 0 atom stereocenters. The Kier molecular flexibility index (Phi) is 47.1. The van der Waals surface area contributed by atoms with Crippen molar-refractivity contribution in [1.29, 1.82) is 15.9 Å². The maximum atomic E-state index is 11.5. The number of carbonyl (C=O) groups excluding carboxylic acids is 6. The summed E-state index contributed by atoms with van der Waals surface area (Å²) in [4.78, 5) is 93.3. The molecule has 5 heterocycles. The molecule has 724 valence electrons. The molecule has 0 spiro atoms. The number of hydrogen-bond acceptors (Lipinski definition) is 25. The SMILES string of the molecule is CC(=O)C(C)(C)CO.CC(=O)C(C)(C)COc1ccc(-c2ccc(C#N)cn2)cc1.CC(=O)C(C)(C)COc1ccc(-c2ccc(C(=N)N)cn2)cc1.CC(=O)C(C)(C)COc1ccc(-c2ccc(C(N)=NO)cn2)cc1.CC(=O)C(C)(C)COc1ccc(B2OC(C)(C)C(C)(C)O2)cc1.CC(=O)C(C)(C)COc1ccc(Br)cc1.CC(=O)O.N#Cc1ccc(Cl)nc1.Oc1ccc(Br)cc1. The first-order chi connectivity index (χ1) is 63.3. The van der Waals surface area contributed by atoms with Crippen molar-refractivity contribution in [1.82, 2.24) is 19.9 Å². The van der Waals surface area contributed by atoms with Crippen LogP contribution in [0.3, 0.4) is 0 Å². The van der Waals surface area contributed by atoms with Gasteiger partial charge >= 0.3 is 7.12 Å². The lowest BCUT2D eigenvalue weighted by atomic mass is 9.79. The van der Waals surface area contributed by atoms with Crippen molar-refractivity contribution in [2.75, 3.05) is 39.6 Å². The minimum atomic E-state index is -0.833. The van der Waals surface area contributed by atoms with E-state index in [-0.39, 0.29) is 71.3 Å². The number of nitrogens with one attached hydrogen (secondary N) is 1. The number of pyridine rings is 4. The number of phenols is 1. The molecule has 9 N–H and O–H groups in total. The van der Waals surface area contributed by atoms with E-state index in [1.807, 2.05) is 243 Å². The molecule has 0 unspecified atom stereocenters. The summed E-state index contributed by atoms with van der Waals surface area (Å²) < 4.78 is 42.4. The molecule has 136 heavy (non-hydrogen) atoms. The molecule has 0 saturated carbocycles. The highest BCUT2D eigenvalue weighted by Gasteiger charge is 2.52. The fourth-order valence-electron chi connectivity index (χ4n) is 9.35. The van der Waals surface area contributed by atoms with E-state index < -0.39 is 38.5 Å². The fourth-order valence-corrected chi connectivity index (χ4v) is 9.99. The summed E-state index contributed by atoms with van der Waals surface area (Å²) in [5.74, 6) is 3.71. The molecular formula is C104H126BBr2ClN10O18. The first kappa shape index (κ1) is 117. The molecule has 32 heteroatoms. The number of nitrogens with zero attached hydrogens (tertiary/aromatic N) is 7. The van der Waals surface area contributed by atoms with Crippen molar-refractivity contribution >= 4 is 108 Å². The van der Waals surface area contributed by atoms with Crippen LogP contribution in [0.4, 0.5) is 0 Å². The number of aromatic nitrogens is 4. The third kappa shape index (κ3) is 41.5. The van der Waals surface area contributed by atoms with E-state index in [4.69, 9.17) is 97.3 Å². The number of carboxylic acid groups (broad SMARTS) is 1. The van der Waals surface area contributed by atoms with Gasteiger partial charge in [-0.3, -0.25) is 53.9 Å². The van der Waals surface area contributed by atoms with Gasteiger partial charge in [0, 0.05) is 73.9 Å². The largest absolute Gasteiger partial charge is 0.508 e. The second-order valence-corrected chi connectivity index (χ2v) is 38.4. The molecule has 1 saturated heterocycles. The highest BCUT2D eigenvalue weighted by Crippen LogP contribution is 2.37. The van der Waals surface area contributed by atoms with Crippen molar-refractivity contribution in [3.05, 3.63) is 255 Å². The van der Waals surface area contributed by atoms with Crippen LogP contribution in [0.25, 0.3) is 33.8 Å². The molecule has 0 bridgehead atoms. The standard InChI is InChI=1S/C18H27BO4.C18H21N3O3.C18H21N3O2.C18H18N2O2.C12H15BrO2.C6H5BrO.C6H3ClN2.C6H12O2.C2H4O2/c1-13(20)16(2,3)12-21-15-10-8-14(9-11-15)19-22-17(4,5)18(6,7)23-19;1-12(22)18(2,3)11-24-15-7-4-13(5-8-15)16-9-6-14(10-20-16)17(19)21-23;1-12(22)18(2,3)11-23-15-7-4-13(5-8-15)16-9-6-14(10-21-16)17(19)20;1-13(21)18(2,3)12-22-16-7-5-15(6-8-16)17-9-4-14(10-19)11-20-17;1-9(14)12(2,3)8-15-11-6-4-10(13)5-7-11;7-5-1-3-6(8)4-2-5;7-6-2-1-5(3-8)4-9-6;1-5(8)6(2,3)4-7;1-2(3)4/h8-11H,12H2,1-7H3;4-10,23H,11H2,1-3H3,(H2,19,21);4-10H,11H2,1-3H3,(H3,19,20);4-9,11H,12H2,1-3H3;4-7H,8H2,1-3H3;1-4,8H;1-2,4H;7H,4H2,1-3H3;1H3,(H,3,4). The molecule has 28 nitrogen and oxygen atoms in total. The third-order valence-corrected chi connectivity index (χ3v) is 22.9. The van der Waals surface area contributed by atoms with Crippen LogP contribution in [0.5, 0.6) is 34.5 Å². The predicted molar refractivity (Wildman–Crippen MR) is 538 cm³/mol. The Labute approximate surface area is 820 Å². The van der Waals surface area contributed by atoms with Crippen LogP contribution in [0.15, 0.2) is 233 Å². The number of phenolic OH excluding ortho intramolecular Hbond substituents is 1. The van der Waals surface area contributed by atoms with Gasteiger partial charge in [-0.05, 0) is 326 Å². The number of carboxylic acids is 1. The maximum absolute atomic E-state index is 11.5. The molecule has 0 aliphatic carbocycles. The van der Waals surface area contributed by atoms with Crippen LogP contribution in [0.1, 0.15) is 181 Å². The van der Waals surface area contributed by atoms with Crippen molar-refractivity contribution < 1.29 is 87.1 Å².